The van der Waals surface area contributed by atoms with Crippen molar-refractivity contribution in [3.8, 4) is 0 Å². The van der Waals surface area contributed by atoms with Gasteiger partial charge in [-0.1, -0.05) is 55.0 Å². The maximum Gasteiger partial charge on any atom is 0.323 e. The molecule has 1 unspecified atom stereocenters. The number of amides is 1. The Labute approximate surface area is 148 Å². The molecule has 0 radical (unpaired) electrons. The van der Waals surface area contributed by atoms with Crippen LogP contribution in [0.1, 0.15) is 41.3 Å². The van der Waals surface area contributed by atoms with Crippen LogP contribution in [0, 0.1) is 6.92 Å². The average molecular weight is 337 g/mol. The molecule has 130 valence electrons. The monoisotopic (exact) mass is 337 g/mol. The Balaban J connectivity index is 2.55. The normalized spacial score (nSPS) is 12.1. The summed E-state index contributed by atoms with van der Waals surface area (Å²) in [4.78, 5) is 25.7. The molecule has 0 bridgehead atoms. The van der Waals surface area contributed by atoms with Gasteiger partial charge in [0.25, 0.3) is 5.91 Å². The zero-order chi connectivity index (χ0) is 18.4. The smallest absolute Gasteiger partial charge is 0.323 e. The summed E-state index contributed by atoms with van der Waals surface area (Å²) >= 11 is 0. The molecule has 0 fully saturated rings. The number of carboxylic acid groups (broad SMARTS) is 1. The van der Waals surface area contributed by atoms with Crippen LogP contribution in [0.25, 0.3) is 0 Å². The molecule has 0 heterocycles. The number of hydrogen-bond donors (Lipinski definition) is 1. The molecule has 0 aromatic heterocycles. The molecule has 2 aromatic carbocycles. The number of carbonyl (C=O) groups is 2. The van der Waals surface area contributed by atoms with Gasteiger partial charge in [0.2, 0.25) is 0 Å². The third-order valence-electron chi connectivity index (χ3n) is 4.00. The molecule has 0 aliphatic carbocycles. The maximum absolute atomic E-state index is 12.9. The molecule has 4 heteroatoms. The number of aliphatic carboxylic acids is 1. The number of allylic oxidation sites excluding steroid dienone is 2. The summed E-state index contributed by atoms with van der Waals surface area (Å²) < 4.78 is 0. The van der Waals surface area contributed by atoms with Crippen LogP contribution < -0.4 is 4.90 Å². The molecule has 0 aliphatic heterocycles. The Morgan fingerprint density at radius 3 is 2.44 bits per heavy atom. The number of carbonyl (C=O) groups excluding carboxylic acids is 1. The summed E-state index contributed by atoms with van der Waals surface area (Å²) in [5.41, 5.74) is 3.10. The molecule has 0 saturated carbocycles. The van der Waals surface area contributed by atoms with Crippen molar-refractivity contribution < 1.29 is 14.7 Å². The van der Waals surface area contributed by atoms with E-state index in [4.69, 9.17) is 0 Å². The van der Waals surface area contributed by atoms with E-state index in [9.17, 15) is 14.7 Å². The van der Waals surface area contributed by atoms with Gasteiger partial charge in [-0.25, -0.2) is 0 Å². The van der Waals surface area contributed by atoms with E-state index in [0.717, 1.165) is 11.1 Å². The van der Waals surface area contributed by atoms with Crippen LogP contribution in [0.2, 0.25) is 0 Å². The van der Waals surface area contributed by atoms with E-state index >= 15 is 0 Å². The first-order valence-electron chi connectivity index (χ1n) is 8.26. The lowest BCUT2D eigenvalue weighted by molar-refractivity contribution is -0.135. The molecule has 1 N–H and O–H groups in total. The summed E-state index contributed by atoms with van der Waals surface area (Å²) in [5, 5.41) is 9.32. The molecule has 2 rings (SSSR count). The van der Waals surface area contributed by atoms with Gasteiger partial charge < -0.3 is 5.11 Å². The van der Waals surface area contributed by atoms with Crippen LogP contribution in [-0.4, -0.2) is 23.5 Å². The highest BCUT2D eigenvalue weighted by molar-refractivity contribution is 6.08. The summed E-state index contributed by atoms with van der Waals surface area (Å²) in [5.74, 6) is -1.30. The van der Waals surface area contributed by atoms with Gasteiger partial charge in [-0.3, -0.25) is 14.5 Å². The molecule has 0 saturated heterocycles. The topological polar surface area (TPSA) is 57.6 Å². The number of rotatable bonds is 6. The molecule has 1 amide bonds. The van der Waals surface area contributed by atoms with Crippen molar-refractivity contribution in [3.05, 3.63) is 77.4 Å². The summed E-state index contributed by atoms with van der Waals surface area (Å²) in [6.45, 7) is 5.57. The zero-order valence-electron chi connectivity index (χ0n) is 14.8. The van der Waals surface area contributed by atoms with Crippen molar-refractivity contribution in [1.82, 2.24) is 0 Å². The molecule has 0 spiro atoms. The average Bonchev–Trinajstić information content (AvgIpc) is 2.60. The van der Waals surface area contributed by atoms with Gasteiger partial charge in [0.05, 0.1) is 0 Å². The van der Waals surface area contributed by atoms with Crippen LogP contribution in [0.15, 0.2) is 60.7 Å². The van der Waals surface area contributed by atoms with E-state index < -0.39 is 5.97 Å². The van der Waals surface area contributed by atoms with Crippen LogP contribution in [0.4, 0.5) is 5.69 Å². The summed E-state index contributed by atoms with van der Waals surface area (Å²) in [6.07, 6.45) is 3.99. The molecule has 1 atom stereocenters. The molecule has 4 nitrogen and oxygen atoms in total. The van der Waals surface area contributed by atoms with Gasteiger partial charge in [-0.05, 0) is 37.6 Å². The summed E-state index contributed by atoms with van der Waals surface area (Å²) in [6, 6.07) is 14.5. The lowest BCUT2D eigenvalue weighted by atomic mass is 9.95. The van der Waals surface area contributed by atoms with Gasteiger partial charge in [0, 0.05) is 17.2 Å². The van der Waals surface area contributed by atoms with Gasteiger partial charge in [-0.2, -0.15) is 0 Å². The first kappa shape index (κ1) is 18.5. The molecule has 25 heavy (non-hydrogen) atoms. The Bertz CT molecular complexity index is 781. The van der Waals surface area contributed by atoms with Crippen LogP contribution in [-0.2, 0) is 4.79 Å². The predicted molar refractivity (Wildman–Crippen MR) is 100 cm³/mol. The van der Waals surface area contributed by atoms with E-state index in [0.29, 0.717) is 11.3 Å². The predicted octanol–water partition coefficient (Wildman–Crippen LogP) is 4.41. The SMILES string of the molecule is CC=CC(C)c1cc(C)ccc1N(CC(=O)O)C(=O)c1ccccc1. The van der Waals surface area contributed by atoms with Crippen molar-refractivity contribution in [2.45, 2.75) is 26.7 Å². The quantitative estimate of drug-likeness (QED) is 0.795. The van der Waals surface area contributed by atoms with E-state index in [1.54, 1.807) is 24.3 Å². The number of anilines is 1. The highest BCUT2D eigenvalue weighted by Crippen LogP contribution is 2.30. The van der Waals surface area contributed by atoms with E-state index in [-0.39, 0.29) is 18.4 Å². The zero-order valence-corrected chi connectivity index (χ0v) is 14.8. The molecule has 2 aromatic rings. The van der Waals surface area contributed by atoms with Gasteiger partial charge >= 0.3 is 5.97 Å². The number of benzene rings is 2. The molecular weight excluding hydrogens is 314 g/mol. The number of carboxylic acids is 1. The number of aryl methyl sites for hydroxylation is 1. The highest BCUT2D eigenvalue weighted by atomic mass is 16.4. The van der Waals surface area contributed by atoms with Crippen molar-refractivity contribution >= 4 is 17.6 Å². The first-order valence-corrected chi connectivity index (χ1v) is 8.26. The molecular formula is C21H23NO3. The van der Waals surface area contributed by atoms with E-state index in [1.807, 2.05) is 57.2 Å². The van der Waals surface area contributed by atoms with Gasteiger partial charge in [0.1, 0.15) is 6.54 Å². The first-order chi connectivity index (χ1) is 11.9. The van der Waals surface area contributed by atoms with Crippen molar-refractivity contribution in [1.29, 1.82) is 0 Å². The minimum atomic E-state index is -1.05. The Hall–Kier alpha value is -2.88. The third-order valence-corrected chi connectivity index (χ3v) is 4.00. The van der Waals surface area contributed by atoms with Crippen molar-refractivity contribution in [2.75, 3.05) is 11.4 Å². The summed E-state index contributed by atoms with van der Waals surface area (Å²) in [7, 11) is 0. The largest absolute Gasteiger partial charge is 0.480 e. The van der Waals surface area contributed by atoms with E-state index in [2.05, 4.69) is 0 Å². The van der Waals surface area contributed by atoms with Crippen molar-refractivity contribution in [3.63, 3.8) is 0 Å². The van der Waals surface area contributed by atoms with Gasteiger partial charge in [0.15, 0.2) is 0 Å². The Morgan fingerprint density at radius 2 is 1.84 bits per heavy atom. The Kier molecular flexibility index (Phi) is 6.12. The molecule has 0 aliphatic rings. The lowest BCUT2D eigenvalue weighted by Crippen LogP contribution is -2.36. The maximum atomic E-state index is 12.9. The van der Waals surface area contributed by atoms with Crippen molar-refractivity contribution in [2.24, 2.45) is 0 Å². The standard InChI is InChI=1S/C21H23NO3/c1-4-8-16(3)18-13-15(2)11-12-19(18)22(14-20(23)24)21(25)17-9-6-5-7-10-17/h4-13,16H,14H2,1-3H3,(H,23,24). The Morgan fingerprint density at radius 1 is 1.16 bits per heavy atom. The highest BCUT2D eigenvalue weighted by Gasteiger charge is 2.24. The lowest BCUT2D eigenvalue weighted by Gasteiger charge is -2.26. The minimum absolute atomic E-state index is 0.0692. The van der Waals surface area contributed by atoms with Crippen LogP contribution in [0.3, 0.4) is 0 Å². The number of hydrogen-bond acceptors (Lipinski definition) is 2. The van der Waals surface area contributed by atoms with Crippen LogP contribution >= 0.6 is 0 Å². The minimum Gasteiger partial charge on any atom is -0.480 e. The third kappa shape index (κ3) is 4.57. The van der Waals surface area contributed by atoms with Crippen LogP contribution in [0.5, 0.6) is 0 Å². The second-order valence-electron chi connectivity index (χ2n) is 6.03. The fraction of sp³-hybridized carbons (Fsp3) is 0.238. The van der Waals surface area contributed by atoms with Gasteiger partial charge in [-0.15, -0.1) is 0 Å². The fourth-order valence-electron chi connectivity index (χ4n) is 2.82. The number of nitrogens with zero attached hydrogens (tertiary/aromatic N) is 1. The second kappa shape index (κ2) is 8.29. The second-order valence-corrected chi connectivity index (χ2v) is 6.03. The fourth-order valence-corrected chi connectivity index (χ4v) is 2.82. The van der Waals surface area contributed by atoms with E-state index in [1.165, 1.54) is 4.90 Å².